The molecule has 0 radical (unpaired) electrons. The van der Waals surface area contributed by atoms with Gasteiger partial charge >= 0.3 is 11.9 Å². The van der Waals surface area contributed by atoms with Crippen LogP contribution in [0.25, 0.3) is 10.8 Å². The van der Waals surface area contributed by atoms with Crippen LogP contribution in [0.3, 0.4) is 0 Å². The molecule has 0 amide bonds. The molecule has 0 fully saturated rings. The highest BCUT2D eigenvalue weighted by molar-refractivity contribution is 6.00. The number of hydrogen-bond acceptors (Lipinski definition) is 4. The lowest BCUT2D eigenvalue weighted by atomic mass is 10.1. The Bertz CT molecular complexity index is 975. The zero-order valence-corrected chi connectivity index (χ0v) is 15.3. The van der Waals surface area contributed by atoms with Crippen molar-refractivity contribution in [3.63, 3.8) is 0 Å². The van der Waals surface area contributed by atoms with Crippen LogP contribution in [0.5, 0.6) is 5.75 Å². The van der Waals surface area contributed by atoms with Gasteiger partial charge in [-0.15, -0.1) is 0 Å². The SMILES string of the molecule is CCN(CC)c1ccc(C(=O)Oc2cc3ccccc3cc2C(=O)O)cc1. The highest BCUT2D eigenvalue weighted by Crippen LogP contribution is 2.27. The minimum Gasteiger partial charge on any atom is -0.478 e. The first-order chi connectivity index (χ1) is 13.0. The van der Waals surface area contributed by atoms with Crippen LogP contribution in [-0.4, -0.2) is 30.1 Å². The normalized spacial score (nSPS) is 10.6. The molecule has 0 heterocycles. The summed E-state index contributed by atoms with van der Waals surface area (Å²) >= 11 is 0. The second-order valence-electron chi connectivity index (χ2n) is 6.11. The summed E-state index contributed by atoms with van der Waals surface area (Å²) in [5, 5.41) is 11.0. The third-order valence-corrected chi connectivity index (χ3v) is 4.51. The number of rotatable bonds is 6. The Kier molecular flexibility index (Phi) is 5.41. The summed E-state index contributed by atoms with van der Waals surface area (Å²) in [5.74, 6) is -1.68. The topological polar surface area (TPSA) is 66.8 Å². The molecule has 0 aliphatic heterocycles. The predicted octanol–water partition coefficient (Wildman–Crippen LogP) is 4.60. The van der Waals surface area contributed by atoms with Gasteiger partial charge in [0.05, 0.1) is 5.56 Å². The second kappa shape index (κ2) is 7.91. The number of esters is 1. The maximum atomic E-state index is 12.5. The molecule has 0 saturated carbocycles. The lowest BCUT2D eigenvalue weighted by Crippen LogP contribution is -2.21. The maximum absolute atomic E-state index is 12.5. The van der Waals surface area contributed by atoms with Crippen molar-refractivity contribution in [2.24, 2.45) is 0 Å². The summed E-state index contributed by atoms with van der Waals surface area (Å²) in [4.78, 5) is 26.3. The van der Waals surface area contributed by atoms with Gasteiger partial charge in [-0.25, -0.2) is 9.59 Å². The Balaban J connectivity index is 1.89. The average molecular weight is 363 g/mol. The van der Waals surface area contributed by atoms with E-state index in [-0.39, 0.29) is 11.3 Å². The summed E-state index contributed by atoms with van der Waals surface area (Å²) in [7, 11) is 0. The van der Waals surface area contributed by atoms with Gasteiger partial charge in [0, 0.05) is 18.8 Å². The highest BCUT2D eigenvalue weighted by Gasteiger charge is 2.17. The minimum absolute atomic E-state index is 0.0400. The lowest BCUT2D eigenvalue weighted by molar-refractivity contribution is 0.0682. The van der Waals surface area contributed by atoms with Gasteiger partial charge in [0.25, 0.3) is 0 Å². The number of carboxylic acid groups (broad SMARTS) is 1. The fraction of sp³-hybridized carbons (Fsp3) is 0.182. The molecule has 1 N–H and O–H groups in total. The molecule has 0 saturated heterocycles. The summed E-state index contributed by atoms with van der Waals surface area (Å²) in [5.41, 5.74) is 1.35. The quantitative estimate of drug-likeness (QED) is 0.512. The van der Waals surface area contributed by atoms with Crippen molar-refractivity contribution in [2.75, 3.05) is 18.0 Å². The molecule has 5 nitrogen and oxygen atoms in total. The van der Waals surface area contributed by atoms with E-state index < -0.39 is 11.9 Å². The van der Waals surface area contributed by atoms with Gasteiger partial charge in [-0.05, 0) is 61.0 Å². The van der Waals surface area contributed by atoms with Gasteiger partial charge in [0.2, 0.25) is 0 Å². The molecule has 3 aromatic rings. The van der Waals surface area contributed by atoms with Crippen molar-refractivity contribution in [1.29, 1.82) is 0 Å². The number of carboxylic acids is 1. The Labute approximate surface area is 157 Å². The van der Waals surface area contributed by atoms with E-state index in [2.05, 4.69) is 18.7 Å². The van der Waals surface area contributed by atoms with Crippen molar-refractivity contribution < 1.29 is 19.4 Å². The van der Waals surface area contributed by atoms with Crippen LogP contribution in [0.15, 0.2) is 60.7 Å². The van der Waals surface area contributed by atoms with E-state index in [1.807, 2.05) is 36.4 Å². The van der Waals surface area contributed by atoms with Crippen molar-refractivity contribution in [1.82, 2.24) is 0 Å². The van der Waals surface area contributed by atoms with E-state index in [1.165, 1.54) is 6.07 Å². The van der Waals surface area contributed by atoms with E-state index >= 15 is 0 Å². The Morgan fingerprint density at radius 1 is 0.926 bits per heavy atom. The van der Waals surface area contributed by atoms with Crippen LogP contribution < -0.4 is 9.64 Å². The molecular formula is C22H21NO4. The van der Waals surface area contributed by atoms with Crippen LogP contribution in [-0.2, 0) is 0 Å². The van der Waals surface area contributed by atoms with E-state index in [9.17, 15) is 14.7 Å². The number of aromatic carboxylic acids is 1. The zero-order valence-electron chi connectivity index (χ0n) is 15.3. The van der Waals surface area contributed by atoms with Crippen molar-refractivity contribution in [3.05, 3.63) is 71.8 Å². The van der Waals surface area contributed by atoms with Gasteiger partial charge in [-0.2, -0.15) is 0 Å². The molecule has 0 aliphatic rings. The molecular weight excluding hydrogens is 342 g/mol. The van der Waals surface area contributed by atoms with E-state index in [0.717, 1.165) is 29.5 Å². The van der Waals surface area contributed by atoms with Crippen LogP contribution in [0.4, 0.5) is 5.69 Å². The first kappa shape index (κ1) is 18.5. The molecule has 0 atom stereocenters. The van der Waals surface area contributed by atoms with Crippen LogP contribution in [0, 0.1) is 0 Å². The number of carbonyl (C=O) groups excluding carboxylic acids is 1. The molecule has 0 bridgehead atoms. The molecule has 138 valence electrons. The first-order valence-corrected chi connectivity index (χ1v) is 8.86. The number of benzene rings is 3. The molecule has 0 aliphatic carbocycles. The number of hydrogen-bond donors (Lipinski definition) is 1. The summed E-state index contributed by atoms with van der Waals surface area (Å²) in [6, 6.07) is 17.6. The van der Waals surface area contributed by atoms with Gasteiger partial charge in [-0.1, -0.05) is 24.3 Å². The van der Waals surface area contributed by atoms with Gasteiger partial charge in [-0.3, -0.25) is 0 Å². The van der Waals surface area contributed by atoms with E-state index in [4.69, 9.17) is 4.74 Å². The van der Waals surface area contributed by atoms with Crippen molar-refractivity contribution in [2.45, 2.75) is 13.8 Å². The molecule has 3 aromatic carbocycles. The first-order valence-electron chi connectivity index (χ1n) is 8.86. The molecule has 5 heteroatoms. The van der Waals surface area contributed by atoms with Crippen LogP contribution in [0.1, 0.15) is 34.6 Å². The average Bonchev–Trinajstić information content (AvgIpc) is 2.68. The molecule has 0 spiro atoms. The summed E-state index contributed by atoms with van der Waals surface area (Å²) in [6.07, 6.45) is 0. The second-order valence-corrected chi connectivity index (χ2v) is 6.11. The Morgan fingerprint density at radius 2 is 1.52 bits per heavy atom. The Morgan fingerprint density at radius 3 is 2.07 bits per heavy atom. The molecule has 0 unspecified atom stereocenters. The molecule has 27 heavy (non-hydrogen) atoms. The number of nitrogens with zero attached hydrogens (tertiary/aromatic N) is 1. The number of fused-ring (bicyclic) bond motifs is 1. The zero-order chi connectivity index (χ0) is 19.4. The predicted molar refractivity (Wildman–Crippen MR) is 106 cm³/mol. The highest BCUT2D eigenvalue weighted by atomic mass is 16.5. The monoisotopic (exact) mass is 363 g/mol. The van der Waals surface area contributed by atoms with Gasteiger partial charge in [0.15, 0.2) is 0 Å². The van der Waals surface area contributed by atoms with Crippen molar-refractivity contribution in [3.8, 4) is 5.75 Å². The number of ether oxygens (including phenoxy) is 1. The molecule has 0 aromatic heterocycles. The summed E-state index contributed by atoms with van der Waals surface area (Å²) < 4.78 is 5.42. The summed E-state index contributed by atoms with van der Waals surface area (Å²) in [6.45, 7) is 5.89. The Hall–Kier alpha value is -3.34. The third-order valence-electron chi connectivity index (χ3n) is 4.51. The minimum atomic E-state index is -1.14. The fourth-order valence-electron chi connectivity index (χ4n) is 3.03. The largest absolute Gasteiger partial charge is 0.478 e. The lowest BCUT2D eigenvalue weighted by Gasteiger charge is -2.21. The van der Waals surface area contributed by atoms with Crippen LogP contribution in [0.2, 0.25) is 0 Å². The standard InChI is InChI=1S/C22H21NO4/c1-3-23(4-2)18-11-9-15(10-12-18)22(26)27-20-14-17-8-6-5-7-16(17)13-19(20)21(24)25/h5-14H,3-4H2,1-2H3,(H,24,25). The third kappa shape index (κ3) is 3.92. The molecule has 3 rings (SSSR count). The fourth-order valence-corrected chi connectivity index (χ4v) is 3.03. The number of anilines is 1. The van der Waals surface area contributed by atoms with Crippen LogP contribution >= 0.6 is 0 Å². The van der Waals surface area contributed by atoms with Crippen molar-refractivity contribution >= 4 is 28.4 Å². The van der Waals surface area contributed by atoms with Gasteiger partial charge < -0.3 is 14.7 Å². The van der Waals surface area contributed by atoms with E-state index in [0.29, 0.717) is 5.56 Å². The maximum Gasteiger partial charge on any atom is 0.343 e. The number of carbonyl (C=O) groups is 2. The van der Waals surface area contributed by atoms with Gasteiger partial charge in [0.1, 0.15) is 11.3 Å². The smallest absolute Gasteiger partial charge is 0.343 e. The van der Waals surface area contributed by atoms with E-state index in [1.54, 1.807) is 18.2 Å².